The third-order valence-corrected chi connectivity index (χ3v) is 6.43. The summed E-state index contributed by atoms with van der Waals surface area (Å²) < 4.78 is 13.0. The Labute approximate surface area is 203 Å². The minimum Gasteiger partial charge on any atom is -0.353 e. The highest BCUT2D eigenvalue weighted by atomic mass is 35.5. The fourth-order valence-electron chi connectivity index (χ4n) is 3.68. The van der Waals surface area contributed by atoms with Gasteiger partial charge >= 0.3 is 0 Å². The van der Waals surface area contributed by atoms with Gasteiger partial charge in [-0.25, -0.2) is 14.4 Å². The molecule has 10 heteroatoms. The van der Waals surface area contributed by atoms with Crippen molar-refractivity contribution < 1.29 is 14.0 Å². The lowest BCUT2D eigenvalue weighted by Crippen LogP contribution is -2.54. The van der Waals surface area contributed by atoms with Crippen LogP contribution in [0.15, 0.2) is 35.5 Å². The number of unbranched alkanes of at least 4 members (excludes halogenated alkanes) is 2. The minimum atomic E-state index is -0.363. The fraction of sp³-hybridized carbons (Fsp3) is 0.478. The first-order chi connectivity index (χ1) is 15.9. The second-order valence-electron chi connectivity index (χ2n) is 8.01. The van der Waals surface area contributed by atoms with Crippen LogP contribution in [-0.4, -0.2) is 58.1 Å². The van der Waals surface area contributed by atoms with E-state index < -0.39 is 0 Å². The largest absolute Gasteiger partial charge is 0.353 e. The Kier molecular flexibility index (Phi) is 9.31. The summed E-state index contributed by atoms with van der Waals surface area (Å²) in [5.41, 5.74) is 0.519. The average Bonchev–Trinajstić information content (AvgIpc) is 2.79. The van der Waals surface area contributed by atoms with Gasteiger partial charge in [0.25, 0.3) is 0 Å². The molecule has 0 spiro atoms. The van der Waals surface area contributed by atoms with Gasteiger partial charge in [0, 0.05) is 43.9 Å². The quantitative estimate of drug-likeness (QED) is 0.238. The molecule has 0 saturated carbocycles. The van der Waals surface area contributed by atoms with E-state index in [0.29, 0.717) is 47.9 Å². The fourth-order valence-corrected chi connectivity index (χ4v) is 4.56. The van der Waals surface area contributed by atoms with E-state index in [-0.39, 0.29) is 29.4 Å². The summed E-state index contributed by atoms with van der Waals surface area (Å²) in [6.45, 7) is 6.12. The number of nitrogens with zero attached hydrogens (tertiary/aromatic N) is 4. The molecule has 33 heavy (non-hydrogen) atoms. The van der Waals surface area contributed by atoms with E-state index >= 15 is 0 Å². The molecule has 178 valence electrons. The molecular formula is C23H29ClFN5O2S. The monoisotopic (exact) mass is 493 g/mol. The second-order valence-corrected chi connectivity index (χ2v) is 9.34. The summed E-state index contributed by atoms with van der Waals surface area (Å²) in [5, 5.41) is 3.41. The number of halogens is 2. The van der Waals surface area contributed by atoms with Crippen LogP contribution in [0.2, 0.25) is 5.15 Å². The van der Waals surface area contributed by atoms with E-state index in [4.69, 9.17) is 11.6 Å². The van der Waals surface area contributed by atoms with E-state index in [0.717, 1.165) is 19.3 Å². The molecule has 1 aliphatic rings. The predicted octanol–water partition coefficient (Wildman–Crippen LogP) is 4.62. The number of hydrogen-bond acceptors (Lipinski definition) is 6. The standard InChI is InChI=1S/C23H29ClFN5O2S/c1-3-4-5-6-22(32)30-12-11-29(14-16(30)2)20-13-19(24)27-23(28-20)33-15-21(31)26-18-9-7-17(25)8-10-18/h7-10,13,16H,3-6,11-12,14-15H2,1-2H3,(H,26,31). The van der Waals surface area contributed by atoms with E-state index in [9.17, 15) is 14.0 Å². The Bertz CT molecular complexity index is 962. The van der Waals surface area contributed by atoms with Crippen molar-refractivity contribution in [3.05, 3.63) is 41.3 Å². The molecule has 7 nitrogen and oxygen atoms in total. The van der Waals surface area contributed by atoms with Gasteiger partial charge in [0.15, 0.2) is 5.16 Å². The van der Waals surface area contributed by atoms with Gasteiger partial charge in [-0.05, 0) is 37.6 Å². The predicted molar refractivity (Wildman–Crippen MR) is 130 cm³/mol. The van der Waals surface area contributed by atoms with E-state index in [1.165, 1.54) is 36.0 Å². The third-order valence-electron chi connectivity index (χ3n) is 5.39. The van der Waals surface area contributed by atoms with Crippen molar-refractivity contribution in [3.8, 4) is 0 Å². The second kappa shape index (κ2) is 12.2. The van der Waals surface area contributed by atoms with Gasteiger partial charge in [-0.15, -0.1) is 0 Å². The number of benzene rings is 1. The number of hydrogen-bond donors (Lipinski definition) is 1. The third kappa shape index (κ3) is 7.57. The molecule has 2 heterocycles. The first-order valence-corrected chi connectivity index (χ1v) is 12.5. The molecule has 1 fully saturated rings. The van der Waals surface area contributed by atoms with E-state index in [2.05, 4.69) is 27.1 Å². The topological polar surface area (TPSA) is 78.4 Å². The number of rotatable bonds is 9. The summed E-state index contributed by atoms with van der Waals surface area (Å²) in [6, 6.07) is 7.35. The van der Waals surface area contributed by atoms with Crippen molar-refractivity contribution in [2.75, 3.05) is 35.6 Å². The lowest BCUT2D eigenvalue weighted by atomic mass is 10.1. The van der Waals surface area contributed by atoms with Gasteiger partial charge in [0.2, 0.25) is 11.8 Å². The summed E-state index contributed by atoms with van der Waals surface area (Å²) in [4.78, 5) is 37.6. The van der Waals surface area contributed by atoms with Crippen LogP contribution in [0.1, 0.15) is 39.5 Å². The molecule has 1 unspecified atom stereocenters. The Balaban J connectivity index is 1.56. The van der Waals surface area contributed by atoms with Gasteiger partial charge in [-0.1, -0.05) is 43.1 Å². The number of thioether (sulfide) groups is 1. The van der Waals surface area contributed by atoms with Crippen molar-refractivity contribution in [1.82, 2.24) is 14.9 Å². The zero-order valence-electron chi connectivity index (χ0n) is 18.9. The van der Waals surface area contributed by atoms with Crippen LogP contribution in [0, 0.1) is 5.82 Å². The Morgan fingerprint density at radius 2 is 1.97 bits per heavy atom. The molecule has 1 aromatic carbocycles. The van der Waals surface area contributed by atoms with Crippen molar-refractivity contribution >= 4 is 46.7 Å². The van der Waals surface area contributed by atoms with Crippen LogP contribution >= 0.6 is 23.4 Å². The first kappa shape index (κ1) is 25.2. The zero-order chi connectivity index (χ0) is 23.8. The number of carbonyl (C=O) groups excluding carboxylic acids is 2. The summed E-state index contributed by atoms with van der Waals surface area (Å²) in [7, 11) is 0. The summed E-state index contributed by atoms with van der Waals surface area (Å²) >= 11 is 7.40. The molecule has 1 saturated heterocycles. The number of nitrogens with one attached hydrogen (secondary N) is 1. The highest BCUT2D eigenvalue weighted by molar-refractivity contribution is 7.99. The van der Waals surface area contributed by atoms with Crippen molar-refractivity contribution in [2.24, 2.45) is 0 Å². The van der Waals surface area contributed by atoms with Crippen molar-refractivity contribution in [2.45, 2.75) is 50.7 Å². The van der Waals surface area contributed by atoms with Crippen LogP contribution in [0.3, 0.4) is 0 Å². The van der Waals surface area contributed by atoms with E-state index in [1.54, 1.807) is 6.07 Å². The number of carbonyl (C=O) groups is 2. The van der Waals surface area contributed by atoms with Crippen LogP contribution < -0.4 is 10.2 Å². The molecule has 1 aromatic heterocycles. The molecule has 0 radical (unpaired) electrons. The normalized spacial score (nSPS) is 16.1. The maximum absolute atomic E-state index is 13.0. The Morgan fingerprint density at radius 3 is 2.67 bits per heavy atom. The van der Waals surface area contributed by atoms with E-state index in [1.807, 2.05) is 11.8 Å². The highest BCUT2D eigenvalue weighted by Gasteiger charge is 2.28. The van der Waals surface area contributed by atoms with Crippen LogP contribution in [0.25, 0.3) is 0 Å². The van der Waals surface area contributed by atoms with Gasteiger partial charge < -0.3 is 15.1 Å². The van der Waals surface area contributed by atoms with Crippen LogP contribution in [0.4, 0.5) is 15.9 Å². The zero-order valence-corrected chi connectivity index (χ0v) is 20.5. The smallest absolute Gasteiger partial charge is 0.234 e. The lowest BCUT2D eigenvalue weighted by Gasteiger charge is -2.40. The summed E-state index contributed by atoms with van der Waals surface area (Å²) in [5.74, 6) is 0.369. The molecule has 2 aromatic rings. The summed E-state index contributed by atoms with van der Waals surface area (Å²) in [6.07, 6.45) is 3.69. The van der Waals surface area contributed by atoms with Gasteiger partial charge in [0.1, 0.15) is 16.8 Å². The van der Waals surface area contributed by atoms with Crippen molar-refractivity contribution in [3.63, 3.8) is 0 Å². The molecule has 1 atom stereocenters. The molecule has 0 bridgehead atoms. The minimum absolute atomic E-state index is 0.0687. The van der Waals surface area contributed by atoms with Crippen molar-refractivity contribution in [1.29, 1.82) is 0 Å². The molecule has 2 amide bonds. The highest BCUT2D eigenvalue weighted by Crippen LogP contribution is 2.24. The SMILES string of the molecule is CCCCCC(=O)N1CCN(c2cc(Cl)nc(SCC(=O)Nc3ccc(F)cc3)n2)CC1C. The van der Waals surface area contributed by atoms with Gasteiger partial charge in [0.05, 0.1) is 5.75 Å². The number of anilines is 2. The molecular weight excluding hydrogens is 465 g/mol. The molecule has 1 aliphatic heterocycles. The maximum Gasteiger partial charge on any atom is 0.234 e. The Morgan fingerprint density at radius 1 is 1.21 bits per heavy atom. The van der Waals surface area contributed by atoms with Gasteiger partial charge in [-0.2, -0.15) is 0 Å². The first-order valence-electron chi connectivity index (χ1n) is 11.1. The number of amides is 2. The average molecular weight is 494 g/mol. The molecule has 1 N–H and O–H groups in total. The number of piperazine rings is 1. The molecule has 0 aliphatic carbocycles. The molecule has 3 rings (SSSR count). The lowest BCUT2D eigenvalue weighted by molar-refractivity contribution is -0.133. The van der Waals surface area contributed by atoms with Crippen LogP contribution in [0.5, 0.6) is 0 Å². The number of aromatic nitrogens is 2. The maximum atomic E-state index is 13.0. The Hall–Kier alpha value is -2.39. The van der Waals surface area contributed by atoms with Crippen LogP contribution in [-0.2, 0) is 9.59 Å². The van der Waals surface area contributed by atoms with Gasteiger partial charge in [-0.3, -0.25) is 9.59 Å².